The molecule has 3 heterocycles. The molecule has 0 aromatic carbocycles. The molecule has 0 spiro atoms. The Kier molecular flexibility index (Phi) is 4.63. The summed E-state index contributed by atoms with van der Waals surface area (Å²) in [5, 5.41) is 4.24. The van der Waals surface area contributed by atoms with Crippen LogP contribution in [0.25, 0.3) is 11.5 Å². The molecule has 8 nitrogen and oxygen atoms in total. The van der Waals surface area contributed by atoms with Crippen LogP contribution in [0.1, 0.15) is 19.6 Å². The first-order valence-corrected chi connectivity index (χ1v) is 8.21. The van der Waals surface area contributed by atoms with Crippen molar-refractivity contribution in [1.82, 2.24) is 14.7 Å². The summed E-state index contributed by atoms with van der Waals surface area (Å²) in [6.07, 6.45) is -0.0836. The Morgan fingerprint density at radius 2 is 2.00 bits per heavy atom. The Morgan fingerprint density at radius 3 is 2.60 bits per heavy atom. The van der Waals surface area contributed by atoms with Crippen molar-refractivity contribution in [3.63, 3.8) is 0 Å². The van der Waals surface area contributed by atoms with Crippen LogP contribution in [0.4, 0.5) is 5.69 Å². The highest BCUT2D eigenvalue weighted by Gasteiger charge is 2.26. The number of carbonyl (C=O) groups is 1. The van der Waals surface area contributed by atoms with Gasteiger partial charge in [-0.3, -0.25) is 9.59 Å². The molecule has 25 heavy (non-hydrogen) atoms. The van der Waals surface area contributed by atoms with E-state index in [9.17, 15) is 9.59 Å². The van der Waals surface area contributed by atoms with Crippen LogP contribution in [0.3, 0.4) is 0 Å². The SMILES string of the molecule is Cc1ccc(-c2cc(N)c(=O)n(CC(=O)N3C[C@@H](C)O[C@H](C)C3)n2)o1. The first-order chi connectivity index (χ1) is 11.8. The predicted octanol–water partition coefficient (Wildman–Crippen LogP) is 1.03. The van der Waals surface area contributed by atoms with Gasteiger partial charge in [0.2, 0.25) is 5.91 Å². The van der Waals surface area contributed by atoms with E-state index in [1.54, 1.807) is 17.0 Å². The molecule has 3 rings (SSSR count). The van der Waals surface area contributed by atoms with Gasteiger partial charge in [0.05, 0.1) is 12.2 Å². The average Bonchev–Trinajstić information content (AvgIpc) is 2.97. The number of aryl methyl sites for hydroxylation is 1. The molecule has 0 bridgehead atoms. The molecule has 2 atom stereocenters. The first kappa shape index (κ1) is 17.2. The van der Waals surface area contributed by atoms with Crippen molar-refractivity contribution < 1.29 is 13.9 Å². The molecule has 2 aromatic heterocycles. The number of rotatable bonds is 3. The van der Waals surface area contributed by atoms with E-state index in [0.29, 0.717) is 24.5 Å². The predicted molar refractivity (Wildman–Crippen MR) is 91.9 cm³/mol. The molecule has 8 heteroatoms. The van der Waals surface area contributed by atoms with Crippen LogP contribution in [-0.2, 0) is 16.1 Å². The monoisotopic (exact) mass is 346 g/mol. The number of ether oxygens (including phenoxy) is 1. The third-order valence-electron chi connectivity index (χ3n) is 4.05. The van der Waals surface area contributed by atoms with Crippen molar-refractivity contribution in [2.24, 2.45) is 0 Å². The Labute approximate surface area is 145 Å². The number of hydrogen-bond acceptors (Lipinski definition) is 6. The minimum Gasteiger partial charge on any atom is -0.460 e. The number of hydrogen-bond donors (Lipinski definition) is 1. The molecule has 134 valence electrons. The van der Waals surface area contributed by atoms with Crippen molar-refractivity contribution in [1.29, 1.82) is 0 Å². The maximum Gasteiger partial charge on any atom is 0.290 e. The number of amides is 1. The van der Waals surface area contributed by atoms with Gasteiger partial charge in [-0.1, -0.05) is 0 Å². The maximum atomic E-state index is 12.6. The normalized spacial score (nSPS) is 20.7. The fourth-order valence-corrected chi connectivity index (χ4v) is 2.97. The van der Waals surface area contributed by atoms with Gasteiger partial charge in [-0.2, -0.15) is 5.10 Å². The number of nitrogens with two attached hydrogens (primary N) is 1. The summed E-state index contributed by atoms with van der Waals surface area (Å²) < 4.78 is 12.2. The fraction of sp³-hybridized carbons (Fsp3) is 0.471. The molecule has 0 radical (unpaired) electrons. The summed E-state index contributed by atoms with van der Waals surface area (Å²) in [5.41, 5.74) is 5.75. The summed E-state index contributed by atoms with van der Waals surface area (Å²) in [7, 11) is 0. The van der Waals surface area contributed by atoms with Crippen molar-refractivity contribution in [3.8, 4) is 11.5 Å². The van der Waals surface area contributed by atoms with Crippen LogP contribution in [0, 0.1) is 6.92 Å². The van der Waals surface area contributed by atoms with Crippen LogP contribution in [0.5, 0.6) is 0 Å². The smallest absolute Gasteiger partial charge is 0.290 e. The van der Waals surface area contributed by atoms with Crippen LogP contribution < -0.4 is 11.3 Å². The molecule has 1 saturated heterocycles. The standard InChI is InChI=1S/C17H22N4O4/c1-10-4-5-15(25-10)14-6-13(18)17(23)21(19-14)9-16(22)20-7-11(2)24-12(3)8-20/h4-6,11-12H,7-9,18H2,1-3H3/t11-,12-/m1/s1. The highest BCUT2D eigenvalue weighted by molar-refractivity contribution is 5.76. The number of furan rings is 1. The molecule has 2 aromatic rings. The maximum absolute atomic E-state index is 12.6. The molecule has 1 aliphatic heterocycles. The second kappa shape index (κ2) is 6.72. The van der Waals surface area contributed by atoms with Crippen molar-refractivity contribution in [2.45, 2.75) is 39.5 Å². The average molecular weight is 346 g/mol. The third-order valence-corrected chi connectivity index (χ3v) is 4.05. The number of nitrogen functional groups attached to an aromatic ring is 1. The van der Waals surface area contributed by atoms with E-state index in [-0.39, 0.29) is 30.3 Å². The molecule has 1 fully saturated rings. The van der Waals surface area contributed by atoms with Crippen molar-refractivity contribution >= 4 is 11.6 Å². The number of morpholine rings is 1. The Balaban J connectivity index is 1.85. The second-order valence-electron chi connectivity index (χ2n) is 6.41. The number of anilines is 1. The molecular weight excluding hydrogens is 324 g/mol. The summed E-state index contributed by atoms with van der Waals surface area (Å²) >= 11 is 0. The fourth-order valence-electron chi connectivity index (χ4n) is 2.97. The summed E-state index contributed by atoms with van der Waals surface area (Å²) in [6, 6.07) is 5.00. The van der Waals surface area contributed by atoms with Gasteiger partial charge in [-0.25, -0.2) is 4.68 Å². The second-order valence-corrected chi connectivity index (χ2v) is 6.41. The highest BCUT2D eigenvalue weighted by Crippen LogP contribution is 2.20. The first-order valence-electron chi connectivity index (χ1n) is 8.21. The molecule has 0 aliphatic carbocycles. The van der Waals surface area contributed by atoms with Crippen molar-refractivity contribution in [2.75, 3.05) is 18.8 Å². The molecule has 1 aliphatic rings. The zero-order valence-corrected chi connectivity index (χ0v) is 14.6. The van der Waals surface area contributed by atoms with Crippen molar-refractivity contribution in [3.05, 3.63) is 34.3 Å². The van der Waals surface area contributed by atoms with E-state index < -0.39 is 5.56 Å². The van der Waals surface area contributed by atoms with Gasteiger partial charge in [0.25, 0.3) is 5.56 Å². The Bertz CT molecular complexity index is 831. The number of aromatic nitrogens is 2. The summed E-state index contributed by atoms with van der Waals surface area (Å²) in [5.74, 6) is 1.03. The zero-order chi connectivity index (χ0) is 18.1. The van der Waals surface area contributed by atoms with Gasteiger partial charge in [-0.05, 0) is 39.0 Å². The summed E-state index contributed by atoms with van der Waals surface area (Å²) in [6.45, 7) is 6.45. The largest absolute Gasteiger partial charge is 0.460 e. The molecular formula is C17H22N4O4. The minimum atomic E-state index is -0.491. The molecule has 0 saturated carbocycles. The molecule has 2 N–H and O–H groups in total. The topological polar surface area (TPSA) is 104 Å². The van der Waals surface area contributed by atoms with E-state index in [2.05, 4.69) is 5.10 Å². The lowest BCUT2D eigenvalue weighted by Gasteiger charge is -2.35. The van der Waals surface area contributed by atoms with Gasteiger partial charge in [0.1, 0.15) is 23.7 Å². The van der Waals surface area contributed by atoms with Crippen LogP contribution in [0.2, 0.25) is 0 Å². The highest BCUT2D eigenvalue weighted by atomic mass is 16.5. The summed E-state index contributed by atoms with van der Waals surface area (Å²) in [4.78, 5) is 26.5. The van der Waals surface area contributed by atoms with Gasteiger partial charge in [0.15, 0.2) is 5.76 Å². The van der Waals surface area contributed by atoms with E-state index in [4.69, 9.17) is 14.9 Å². The zero-order valence-electron chi connectivity index (χ0n) is 14.6. The lowest BCUT2D eigenvalue weighted by molar-refractivity contribution is -0.144. The van der Waals surface area contributed by atoms with Crippen LogP contribution in [0.15, 0.2) is 27.4 Å². The lowest BCUT2D eigenvalue weighted by atomic mass is 10.2. The quantitative estimate of drug-likeness (QED) is 0.890. The lowest BCUT2D eigenvalue weighted by Crippen LogP contribution is -2.49. The van der Waals surface area contributed by atoms with E-state index in [1.807, 2.05) is 20.8 Å². The van der Waals surface area contributed by atoms with E-state index >= 15 is 0 Å². The number of carbonyl (C=O) groups excluding carboxylic acids is 1. The van der Waals surface area contributed by atoms with E-state index in [0.717, 1.165) is 10.4 Å². The minimum absolute atomic E-state index is 0.0237. The molecule has 0 unspecified atom stereocenters. The van der Waals surface area contributed by atoms with Crippen LogP contribution in [-0.4, -0.2) is 45.9 Å². The number of nitrogens with zero attached hydrogens (tertiary/aromatic N) is 3. The van der Waals surface area contributed by atoms with Crippen LogP contribution >= 0.6 is 0 Å². The van der Waals surface area contributed by atoms with Gasteiger partial charge >= 0.3 is 0 Å². The van der Waals surface area contributed by atoms with Gasteiger partial charge in [0, 0.05) is 13.1 Å². The molecule has 1 amide bonds. The Morgan fingerprint density at radius 1 is 1.32 bits per heavy atom. The van der Waals surface area contributed by atoms with Gasteiger partial charge in [-0.15, -0.1) is 0 Å². The van der Waals surface area contributed by atoms with Gasteiger partial charge < -0.3 is 19.8 Å². The third kappa shape index (κ3) is 3.74. The van der Waals surface area contributed by atoms with E-state index in [1.165, 1.54) is 6.07 Å². The Hall–Kier alpha value is -2.61.